The fraction of sp³-hybridized carbons (Fsp3) is 0.400. The molecular weight excluding hydrogens is 345 g/mol. The van der Waals surface area contributed by atoms with Gasteiger partial charge in [-0.15, -0.1) is 0 Å². The normalized spacial score (nSPS) is 16.8. The van der Waals surface area contributed by atoms with Gasteiger partial charge < -0.3 is 20.3 Å². The first-order valence-corrected chi connectivity index (χ1v) is 9.34. The van der Waals surface area contributed by atoms with E-state index >= 15 is 0 Å². The number of nitrogens with zero attached hydrogens (tertiary/aromatic N) is 3. The highest BCUT2D eigenvalue weighted by molar-refractivity contribution is 5.74. The van der Waals surface area contributed by atoms with Crippen molar-refractivity contribution in [2.24, 2.45) is 0 Å². The zero-order valence-electron chi connectivity index (χ0n) is 15.3. The van der Waals surface area contributed by atoms with Crippen LogP contribution in [0.25, 0.3) is 11.2 Å². The van der Waals surface area contributed by atoms with Crippen molar-refractivity contribution >= 4 is 16.9 Å². The van der Waals surface area contributed by atoms with Gasteiger partial charge in [0.15, 0.2) is 5.65 Å². The first-order chi connectivity index (χ1) is 13.1. The summed E-state index contributed by atoms with van der Waals surface area (Å²) < 4.78 is 13.9. The van der Waals surface area contributed by atoms with Gasteiger partial charge in [-0.2, -0.15) is 0 Å². The Hall–Kier alpha value is -2.51. The van der Waals surface area contributed by atoms with Crippen LogP contribution in [-0.4, -0.2) is 39.3 Å². The highest BCUT2D eigenvalue weighted by atomic mass is 19.1. The Morgan fingerprint density at radius 2 is 2.07 bits per heavy atom. The highest BCUT2D eigenvalue weighted by Gasteiger charge is 2.22. The summed E-state index contributed by atoms with van der Waals surface area (Å²) in [5.41, 5.74) is 4.60. The van der Waals surface area contributed by atoms with E-state index in [2.05, 4.69) is 25.2 Å². The van der Waals surface area contributed by atoms with E-state index in [0.29, 0.717) is 6.54 Å². The van der Waals surface area contributed by atoms with Crippen molar-refractivity contribution in [2.75, 3.05) is 18.0 Å². The van der Waals surface area contributed by atoms with Gasteiger partial charge in [0.25, 0.3) is 0 Å². The van der Waals surface area contributed by atoms with Crippen LogP contribution < -0.4 is 10.2 Å². The van der Waals surface area contributed by atoms with Crippen LogP contribution in [0.4, 0.5) is 10.1 Å². The van der Waals surface area contributed by atoms with Crippen LogP contribution in [0.5, 0.6) is 0 Å². The van der Waals surface area contributed by atoms with E-state index < -0.39 is 0 Å². The Bertz CT molecular complexity index is 920. The second-order valence-electron chi connectivity index (χ2n) is 7.09. The Kier molecular flexibility index (Phi) is 5.05. The second-order valence-corrected chi connectivity index (χ2v) is 7.09. The summed E-state index contributed by atoms with van der Waals surface area (Å²) in [6.45, 7) is 4.21. The molecule has 4 rings (SSSR count). The third-order valence-electron chi connectivity index (χ3n) is 5.25. The van der Waals surface area contributed by atoms with Crippen molar-refractivity contribution in [2.45, 2.75) is 38.5 Å². The third kappa shape index (κ3) is 3.79. The summed E-state index contributed by atoms with van der Waals surface area (Å²) in [5, 5.41) is 13.2. The summed E-state index contributed by atoms with van der Waals surface area (Å²) in [5.74, 6) is -0.239. The summed E-state index contributed by atoms with van der Waals surface area (Å²) in [7, 11) is 0. The van der Waals surface area contributed by atoms with E-state index in [0.717, 1.165) is 53.9 Å². The molecule has 3 heterocycles. The van der Waals surface area contributed by atoms with Crippen LogP contribution in [0.15, 0.2) is 36.8 Å². The molecule has 2 aromatic heterocycles. The lowest BCUT2D eigenvalue weighted by Gasteiger charge is -2.34. The van der Waals surface area contributed by atoms with E-state index in [9.17, 15) is 9.50 Å². The quantitative estimate of drug-likeness (QED) is 0.645. The molecule has 0 bridgehead atoms. The van der Waals surface area contributed by atoms with Crippen LogP contribution in [0, 0.1) is 5.82 Å². The molecule has 1 aromatic carbocycles. The number of nitrogens with one attached hydrogen (secondary N) is 2. The molecule has 6 nitrogen and oxygen atoms in total. The fourth-order valence-electron chi connectivity index (χ4n) is 3.68. The summed E-state index contributed by atoms with van der Waals surface area (Å²) in [6, 6.07) is 4.92. The van der Waals surface area contributed by atoms with Gasteiger partial charge in [0.2, 0.25) is 0 Å². The van der Waals surface area contributed by atoms with E-state index in [1.54, 1.807) is 18.5 Å². The number of aliphatic hydroxyl groups excluding tert-OH is 1. The van der Waals surface area contributed by atoms with Gasteiger partial charge in [-0.1, -0.05) is 0 Å². The molecule has 7 heteroatoms. The molecule has 3 N–H and O–H groups in total. The van der Waals surface area contributed by atoms with Crippen molar-refractivity contribution in [3.63, 3.8) is 0 Å². The molecule has 1 aliphatic heterocycles. The average Bonchev–Trinajstić information content (AvgIpc) is 3.10. The highest BCUT2D eigenvalue weighted by Crippen LogP contribution is 2.30. The second kappa shape index (κ2) is 7.62. The first-order valence-electron chi connectivity index (χ1n) is 9.34. The molecule has 0 saturated carbocycles. The van der Waals surface area contributed by atoms with Crippen molar-refractivity contribution in [1.29, 1.82) is 0 Å². The van der Waals surface area contributed by atoms with Crippen LogP contribution in [0.3, 0.4) is 0 Å². The molecule has 0 spiro atoms. The number of H-pyrrole nitrogens is 1. The topological polar surface area (TPSA) is 77.1 Å². The standard InChI is InChI=1S/C20H24FN5O/c1-13(24-11-14-12-25-20-19(14)22-6-7-23-20)17-10-15(21)2-3-18(17)26-8-4-16(27)5-9-26/h2-3,6-7,10,12-13,16,24,27H,4-5,8-9,11H2,1H3,(H,23,25). The maximum absolute atomic E-state index is 13.9. The maximum atomic E-state index is 13.9. The van der Waals surface area contributed by atoms with Gasteiger partial charge in [-0.3, -0.25) is 4.98 Å². The fourth-order valence-corrected chi connectivity index (χ4v) is 3.68. The Morgan fingerprint density at radius 1 is 1.30 bits per heavy atom. The van der Waals surface area contributed by atoms with Gasteiger partial charge in [0.05, 0.1) is 6.10 Å². The number of hydrogen-bond donors (Lipinski definition) is 3. The molecule has 0 amide bonds. The summed E-state index contributed by atoms with van der Waals surface area (Å²) in [4.78, 5) is 14.0. The van der Waals surface area contributed by atoms with Gasteiger partial charge in [-0.25, -0.2) is 9.37 Å². The molecule has 1 fully saturated rings. The monoisotopic (exact) mass is 369 g/mol. The molecule has 1 atom stereocenters. The Labute approximate surface area is 157 Å². The number of fused-ring (bicyclic) bond motifs is 1. The molecule has 1 unspecified atom stereocenters. The number of halogens is 1. The van der Waals surface area contributed by atoms with E-state index in [-0.39, 0.29) is 18.0 Å². The number of piperidine rings is 1. The SMILES string of the molecule is CC(NCc1c[nH]c2nccnc12)c1cc(F)ccc1N1CCC(O)CC1. The third-order valence-corrected chi connectivity index (χ3v) is 5.25. The van der Waals surface area contributed by atoms with Gasteiger partial charge in [0, 0.05) is 55.5 Å². The minimum Gasteiger partial charge on any atom is -0.393 e. The average molecular weight is 369 g/mol. The number of anilines is 1. The van der Waals surface area contributed by atoms with Gasteiger partial charge >= 0.3 is 0 Å². The molecule has 0 aliphatic carbocycles. The molecule has 27 heavy (non-hydrogen) atoms. The lowest BCUT2D eigenvalue weighted by Crippen LogP contribution is -2.37. The van der Waals surface area contributed by atoms with E-state index in [1.807, 2.05) is 19.2 Å². The zero-order valence-corrected chi connectivity index (χ0v) is 15.3. The molecule has 3 aromatic rings. The molecule has 142 valence electrons. The van der Waals surface area contributed by atoms with Crippen molar-refractivity contribution in [3.8, 4) is 0 Å². The van der Waals surface area contributed by atoms with Crippen molar-refractivity contribution in [1.82, 2.24) is 20.3 Å². The maximum Gasteiger partial charge on any atom is 0.156 e. The molecule has 1 aliphatic rings. The van der Waals surface area contributed by atoms with Crippen LogP contribution in [-0.2, 0) is 6.54 Å². The lowest BCUT2D eigenvalue weighted by atomic mass is 10.0. The minimum absolute atomic E-state index is 0.0378. The van der Waals surface area contributed by atoms with Crippen LogP contribution in [0.1, 0.15) is 36.9 Å². The number of aliphatic hydroxyl groups is 1. The zero-order chi connectivity index (χ0) is 18.8. The first kappa shape index (κ1) is 17.9. The predicted molar refractivity (Wildman–Crippen MR) is 103 cm³/mol. The molecule has 1 saturated heterocycles. The predicted octanol–water partition coefficient (Wildman–Crippen LogP) is 2.91. The van der Waals surface area contributed by atoms with Crippen molar-refractivity contribution in [3.05, 3.63) is 53.7 Å². The number of hydrogen-bond acceptors (Lipinski definition) is 5. The Balaban J connectivity index is 1.52. The summed E-state index contributed by atoms with van der Waals surface area (Å²) in [6.07, 6.45) is 6.50. The molecule has 0 radical (unpaired) electrons. The number of aromatic amines is 1. The lowest BCUT2D eigenvalue weighted by molar-refractivity contribution is 0.145. The Morgan fingerprint density at radius 3 is 2.89 bits per heavy atom. The number of aromatic nitrogens is 3. The van der Waals surface area contributed by atoms with Crippen LogP contribution in [0.2, 0.25) is 0 Å². The number of rotatable bonds is 5. The van der Waals surface area contributed by atoms with E-state index in [1.165, 1.54) is 6.07 Å². The summed E-state index contributed by atoms with van der Waals surface area (Å²) >= 11 is 0. The van der Waals surface area contributed by atoms with Crippen LogP contribution >= 0.6 is 0 Å². The number of benzene rings is 1. The smallest absolute Gasteiger partial charge is 0.156 e. The van der Waals surface area contributed by atoms with Gasteiger partial charge in [0.1, 0.15) is 11.3 Å². The van der Waals surface area contributed by atoms with Crippen molar-refractivity contribution < 1.29 is 9.50 Å². The van der Waals surface area contributed by atoms with Gasteiger partial charge in [-0.05, 0) is 43.5 Å². The minimum atomic E-state index is -0.239. The molecular formula is C20H24FN5O. The van der Waals surface area contributed by atoms with E-state index in [4.69, 9.17) is 0 Å². The largest absolute Gasteiger partial charge is 0.393 e.